The summed E-state index contributed by atoms with van der Waals surface area (Å²) in [5.74, 6) is -3.03. The number of anilines is 1. The monoisotopic (exact) mass is 303 g/mol. The first-order chi connectivity index (χ1) is 9.00. The molecule has 0 aliphatic heterocycles. The fourth-order valence-corrected chi connectivity index (χ4v) is 1.75. The molecule has 4 nitrogen and oxygen atoms in total. The molecule has 19 heavy (non-hydrogen) atoms. The maximum absolute atomic E-state index is 13.4. The highest BCUT2D eigenvalue weighted by Crippen LogP contribution is 2.26. The molecule has 1 aromatic heterocycles. The Kier molecular flexibility index (Phi) is 3.92. The number of benzene rings is 1. The van der Waals surface area contributed by atoms with Crippen LogP contribution in [0.3, 0.4) is 0 Å². The lowest BCUT2D eigenvalue weighted by Crippen LogP contribution is -2.16. The predicted molar refractivity (Wildman–Crippen MR) is 66.4 cm³/mol. The third-order valence-corrected chi connectivity index (χ3v) is 2.76. The highest BCUT2D eigenvalue weighted by Gasteiger charge is 2.19. The van der Waals surface area contributed by atoms with E-state index in [4.69, 9.17) is 23.2 Å². The lowest BCUT2D eigenvalue weighted by molar-refractivity contribution is 0.101. The maximum atomic E-state index is 13.4. The fraction of sp³-hybridized carbons (Fsp3) is 0. The first-order valence-electron chi connectivity index (χ1n) is 4.92. The molecule has 1 amide bonds. The molecule has 98 valence electrons. The second-order valence-corrected chi connectivity index (χ2v) is 4.10. The molecule has 0 radical (unpaired) electrons. The number of carbonyl (C=O) groups excluding carboxylic acids is 1. The lowest BCUT2D eigenvalue weighted by atomic mass is 10.2. The molecule has 0 fully saturated rings. The van der Waals surface area contributed by atoms with Gasteiger partial charge in [-0.25, -0.2) is 18.7 Å². The van der Waals surface area contributed by atoms with Gasteiger partial charge in [-0.1, -0.05) is 29.3 Å². The molecule has 0 aliphatic carbocycles. The van der Waals surface area contributed by atoms with Gasteiger partial charge in [0.05, 0.1) is 0 Å². The van der Waals surface area contributed by atoms with Gasteiger partial charge < -0.3 is 5.32 Å². The van der Waals surface area contributed by atoms with Crippen molar-refractivity contribution in [3.63, 3.8) is 0 Å². The van der Waals surface area contributed by atoms with Crippen molar-refractivity contribution in [3.05, 3.63) is 52.0 Å². The van der Waals surface area contributed by atoms with Gasteiger partial charge in [0.15, 0.2) is 10.3 Å². The summed E-state index contributed by atoms with van der Waals surface area (Å²) in [6.07, 6.45) is 1.09. The zero-order chi connectivity index (χ0) is 14.0. The summed E-state index contributed by atoms with van der Waals surface area (Å²) in [5.41, 5.74) is -0.850. The van der Waals surface area contributed by atoms with Crippen molar-refractivity contribution in [2.45, 2.75) is 0 Å². The summed E-state index contributed by atoms with van der Waals surface area (Å²) in [4.78, 5) is 19.0. The van der Waals surface area contributed by atoms with Gasteiger partial charge in [-0.05, 0) is 12.1 Å². The smallest absolute Gasteiger partial charge is 0.261 e. The SMILES string of the molecule is O=C(Nc1c(Cl)ncnc1Cl)c1c(F)cccc1F. The molecule has 1 aromatic carbocycles. The van der Waals surface area contributed by atoms with Crippen LogP contribution in [0.5, 0.6) is 0 Å². The van der Waals surface area contributed by atoms with Gasteiger partial charge in [-0.3, -0.25) is 4.79 Å². The molecule has 8 heteroatoms. The van der Waals surface area contributed by atoms with Crippen LogP contribution in [0.25, 0.3) is 0 Å². The van der Waals surface area contributed by atoms with Crippen LogP contribution in [0.2, 0.25) is 10.3 Å². The molecule has 0 atom stereocenters. The van der Waals surface area contributed by atoms with Gasteiger partial charge >= 0.3 is 0 Å². The third-order valence-electron chi connectivity index (χ3n) is 2.18. The van der Waals surface area contributed by atoms with E-state index in [1.165, 1.54) is 0 Å². The van der Waals surface area contributed by atoms with E-state index in [1.54, 1.807) is 0 Å². The number of nitrogens with one attached hydrogen (secondary N) is 1. The van der Waals surface area contributed by atoms with Crippen LogP contribution in [0.15, 0.2) is 24.5 Å². The molecule has 2 rings (SSSR count). The molecule has 0 aliphatic rings. The van der Waals surface area contributed by atoms with Crippen molar-refractivity contribution in [1.29, 1.82) is 0 Å². The van der Waals surface area contributed by atoms with E-state index in [0.29, 0.717) is 0 Å². The van der Waals surface area contributed by atoms with E-state index < -0.39 is 23.1 Å². The number of hydrogen-bond acceptors (Lipinski definition) is 3. The predicted octanol–water partition coefficient (Wildman–Crippen LogP) is 3.31. The van der Waals surface area contributed by atoms with Gasteiger partial charge in [0, 0.05) is 0 Å². The molecular weight excluding hydrogens is 299 g/mol. The van der Waals surface area contributed by atoms with Gasteiger partial charge in [0.25, 0.3) is 5.91 Å². The minimum Gasteiger partial charge on any atom is -0.317 e. The quantitative estimate of drug-likeness (QED) is 0.866. The number of nitrogens with zero attached hydrogens (tertiary/aromatic N) is 2. The fourth-order valence-electron chi connectivity index (χ4n) is 1.34. The molecule has 1 heterocycles. The Hall–Kier alpha value is -1.79. The molecule has 0 unspecified atom stereocenters. The summed E-state index contributed by atoms with van der Waals surface area (Å²) < 4.78 is 26.8. The molecular formula is C11H5Cl2F2N3O. The standard InChI is InChI=1S/C11H5Cl2F2N3O/c12-9-8(10(13)17-4-16-9)18-11(19)7-5(14)2-1-3-6(7)15/h1-4H,(H,18,19). The Morgan fingerprint density at radius 1 is 1.11 bits per heavy atom. The highest BCUT2D eigenvalue weighted by molar-refractivity contribution is 6.38. The zero-order valence-electron chi connectivity index (χ0n) is 9.12. The second-order valence-electron chi connectivity index (χ2n) is 3.38. The highest BCUT2D eigenvalue weighted by atomic mass is 35.5. The minimum atomic E-state index is -1.03. The number of aromatic nitrogens is 2. The van der Waals surface area contributed by atoms with Gasteiger partial charge in [-0.15, -0.1) is 0 Å². The van der Waals surface area contributed by atoms with Crippen LogP contribution in [-0.4, -0.2) is 15.9 Å². The van der Waals surface area contributed by atoms with Gasteiger partial charge in [0.2, 0.25) is 0 Å². The van der Waals surface area contributed by atoms with Gasteiger partial charge in [0.1, 0.15) is 29.2 Å². The van der Waals surface area contributed by atoms with Crippen LogP contribution in [0.1, 0.15) is 10.4 Å². The average Bonchev–Trinajstić information content (AvgIpc) is 2.34. The lowest BCUT2D eigenvalue weighted by Gasteiger charge is -2.08. The maximum Gasteiger partial charge on any atom is 0.261 e. The Bertz CT molecular complexity index is 611. The number of hydrogen-bond donors (Lipinski definition) is 1. The van der Waals surface area contributed by atoms with E-state index in [0.717, 1.165) is 24.5 Å². The summed E-state index contributed by atoms with van der Waals surface area (Å²) in [6.45, 7) is 0. The third kappa shape index (κ3) is 2.80. The van der Waals surface area contributed by atoms with Crippen molar-refractivity contribution in [1.82, 2.24) is 9.97 Å². The van der Waals surface area contributed by atoms with E-state index >= 15 is 0 Å². The Labute approximate surface area is 116 Å². The summed E-state index contributed by atoms with van der Waals surface area (Å²) in [5, 5.41) is 1.90. The largest absolute Gasteiger partial charge is 0.317 e. The van der Waals surface area contributed by atoms with E-state index in [1.807, 2.05) is 0 Å². The van der Waals surface area contributed by atoms with Crippen LogP contribution >= 0.6 is 23.2 Å². The zero-order valence-corrected chi connectivity index (χ0v) is 10.6. The Balaban J connectivity index is 2.37. The van der Waals surface area contributed by atoms with Crippen LogP contribution in [0, 0.1) is 11.6 Å². The Morgan fingerprint density at radius 2 is 1.63 bits per heavy atom. The van der Waals surface area contributed by atoms with Crippen molar-refractivity contribution in [2.75, 3.05) is 5.32 Å². The first-order valence-corrected chi connectivity index (χ1v) is 5.67. The molecule has 2 aromatic rings. The molecule has 0 saturated carbocycles. The summed E-state index contributed by atoms with van der Waals surface area (Å²) >= 11 is 11.4. The number of amides is 1. The van der Waals surface area contributed by atoms with Crippen molar-refractivity contribution in [2.24, 2.45) is 0 Å². The molecule has 1 N–H and O–H groups in total. The topological polar surface area (TPSA) is 54.9 Å². The summed E-state index contributed by atoms with van der Waals surface area (Å²) in [6, 6.07) is 3.07. The van der Waals surface area contributed by atoms with Crippen LogP contribution in [0.4, 0.5) is 14.5 Å². The van der Waals surface area contributed by atoms with E-state index in [-0.39, 0.29) is 16.0 Å². The van der Waals surface area contributed by atoms with E-state index in [9.17, 15) is 13.6 Å². The normalized spacial score (nSPS) is 10.3. The summed E-state index contributed by atoms with van der Waals surface area (Å²) in [7, 11) is 0. The second kappa shape index (κ2) is 5.46. The van der Waals surface area contributed by atoms with Crippen LogP contribution < -0.4 is 5.32 Å². The Morgan fingerprint density at radius 3 is 2.16 bits per heavy atom. The molecule has 0 saturated heterocycles. The minimum absolute atomic E-state index is 0.113. The number of carbonyl (C=O) groups is 1. The van der Waals surface area contributed by atoms with Crippen molar-refractivity contribution in [3.8, 4) is 0 Å². The average molecular weight is 304 g/mol. The van der Waals surface area contributed by atoms with Gasteiger partial charge in [-0.2, -0.15) is 0 Å². The van der Waals surface area contributed by atoms with E-state index in [2.05, 4.69) is 15.3 Å². The van der Waals surface area contributed by atoms with Crippen molar-refractivity contribution < 1.29 is 13.6 Å². The number of rotatable bonds is 2. The van der Waals surface area contributed by atoms with Crippen molar-refractivity contribution >= 4 is 34.8 Å². The number of halogens is 4. The van der Waals surface area contributed by atoms with Crippen LogP contribution in [-0.2, 0) is 0 Å². The molecule has 0 bridgehead atoms. The molecule has 0 spiro atoms. The first kappa shape index (κ1) is 13.6.